The lowest BCUT2D eigenvalue weighted by Gasteiger charge is -2.29. The number of halogens is 1. The fourth-order valence-corrected chi connectivity index (χ4v) is 2.98. The lowest BCUT2D eigenvalue weighted by Crippen LogP contribution is -2.49. The number of carbonyl (C=O) groups excluding carboxylic acids is 2. The van der Waals surface area contributed by atoms with Crippen molar-refractivity contribution in [2.45, 2.75) is 6.92 Å². The second-order valence-electron chi connectivity index (χ2n) is 5.31. The highest BCUT2D eigenvalue weighted by Gasteiger charge is 2.20. The monoisotopic (exact) mass is 353 g/mol. The van der Waals surface area contributed by atoms with E-state index in [1.807, 2.05) is 19.1 Å². The van der Waals surface area contributed by atoms with Crippen molar-refractivity contribution in [1.82, 2.24) is 15.1 Å². The largest absolute Gasteiger partial charge is 0.339 e. The van der Waals surface area contributed by atoms with E-state index in [9.17, 15) is 9.59 Å². The van der Waals surface area contributed by atoms with Crippen LogP contribution in [-0.2, 0) is 4.79 Å². The zero-order valence-corrected chi connectivity index (χ0v) is 13.9. The van der Waals surface area contributed by atoms with Gasteiger partial charge in [0.25, 0.3) is 5.91 Å². The molecular formula is C15H20BrN3O2. The Balaban J connectivity index is 2.00. The zero-order valence-electron chi connectivity index (χ0n) is 12.4. The maximum absolute atomic E-state index is 12.4. The predicted molar refractivity (Wildman–Crippen MR) is 85.3 cm³/mol. The van der Waals surface area contributed by atoms with Crippen LogP contribution in [0.3, 0.4) is 0 Å². The van der Waals surface area contributed by atoms with Gasteiger partial charge in [0.2, 0.25) is 5.91 Å². The predicted octanol–water partition coefficient (Wildman–Crippen LogP) is 1.26. The number of rotatable bonds is 3. The molecule has 1 aliphatic rings. The lowest BCUT2D eigenvalue weighted by atomic mass is 10.1. The van der Waals surface area contributed by atoms with Gasteiger partial charge in [-0.2, -0.15) is 0 Å². The summed E-state index contributed by atoms with van der Waals surface area (Å²) in [5.41, 5.74) is 1.60. The highest BCUT2D eigenvalue weighted by atomic mass is 79.9. The highest BCUT2D eigenvalue weighted by Crippen LogP contribution is 2.16. The van der Waals surface area contributed by atoms with Crippen LogP contribution < -0.4 is 5.32 Å². The number of benzene rings is 1. The Morgan fingerprint density at radius 3 is 2.57 bits per heavy atom. The summed E-state index contributed by atoms with van der Waals surface area (Å²) in [7, 11) is 1.67. The van der Waals surface area contributed by atoms with Gasteiger partial charge in [0.05, 0.1) is 6.54 Å². The maximum atomic E-state index is 12.4. The van der Waals surface area contributed by atoms with Crippen LogP contribution in [0.25, 0.3) is 0 Å². The molecule has 2 amide bonds. The highest BCUT2D eigenvalue weighted by molar-refractivity contribution is 9.10. The minimum absolute atomic E-state index is 0.000862. The molecule has 114 valence electrons. The SMILES string of the molecule is Cc1cc(Br)cc(C(=O)N(C)CC(=O)N2CCNCC2)c1. The topological polar surface area (TPSA) is 52.7 Å². The molecule has 1 saturated heterocycles. The number of amides is 2. The number of nitrogens with zero attached hydrogens (tertiary/aromatic N) is 2. The fourth-order valence-electron chi connectivity index (χ4n) is 2.37. The molecule has 1 fully saturated rings. The molecule has 0 spiro atoms. The van der Waals surface area contributed by atoms with Gasteiger partial charge >= 0.3 is 0 Å². The molecule has 1 heterocycles. The number of piperazine rings is 1. The molecule has 6 heteroatoms. The Morgan fingerprint density at radius 1 is 1.29 bits per heavy atom. The summed E-state index contributed by atoms with van der Waals surface area (Å²) < 4.78 is 0.868. The Hall–Kier alpha value is -1.40. The quantitative estimate of drug-likeness (QED) is 0.889. The minimum atomic E-state index is -0.136. The second kappa shape index (κ2) is 7.04. The third-order valence-corrected chi connectivity index (χ3v) is 3.94. The smallest absolute Gasteiger partial charge is 0.254 e. The minimum Gasteiger partial charge on any atom is -0.339 e. The van der Waals surface area contributed by atoms with Crippen LogP contribution in [0.2, 0.25) is 0 Å². The normalized spacial score (nSPS) is 14.9. The molecule has 21 heavy (non-hydrogen) atoms. The van der Waals surface area contributed by atoms with E-state index < -0.39 is 0 Å². The third kappa shape index (κ3) is 4.28. The van der Waals surface area contributed by atoms with Gasteiger partial charge in [-0.15, -0.1) is 0 Å². The van der Waals surface area contributed by atoms with Crippen LogP contribution in [0, 0.1) is 6.92 Å². The molecule has 0 radical (unpaired) electrons. The summed E-state index contributed by atoms with van der Waals surface area (Å²) in [6.45, 7) is 5.09. The van der Waals surface area contributed by atoms with Crippen LogP contribution >= 0.6 is 15.9 Å². The van der Waals surface area contributed by atoms with Gasteiger partial charge in [0.15, 0.2) is 0 Å². The van der Waals surface area contributed by atoms with Crippen LogP contribution in [0.1, 0.15) is 15.9 Å². The average molecular weight is 354 g/mol. The number of nitrogens with one attached hydrogen (secondary N) is 1. The molecule has 0 aromatic heterocycles. The van der Waals surface area contributed by atoms with E-state index in [2.05, 4.69) is 21.2 Å². The van der Waals surface area contributed by atoms with Gasteiger partial charge in [-0.3, -0.25) is 9.59 Å². The van der Waals surface area contributed by atoms with E-state index in [1.165, 1.54) is 4.90 Å². The van der Waals surface area contributed by atoms with E-state index >= 15 is 0 Å². The fraction of sp³-hybridized carbons (Fsp3) is 0.467. The molecule has 5 nitrogen and oxygen atoms in total. The average Bonchev–Trinajstić information content (AvgIpc) is 2.46. The van der Waals surface area contributed by atoms with Gasteiger partial charge in [-0.1, -0.05) is 15.9 Å². The molecule has 0 atom stereocenters. The molecule has 0 unspecified atom stereocenters. The van der Waals surface area contributed by atoms with Gasteiger partial charge in [0, 0.05) is 43.3 Å². The van der Waals surface area contributed by atoms with Crippen molar-refractivity contribution >= 4 is 27.7 Å². The molecule has 2 rings (SSSR count). The van der Waals surface area contributed by atoms with E-state index in [0.29, 0.717) is 18.7 Å². The van der Waals surface area contributed by atoms with Crippen LogP contribution in [0.15, 0.2) is 22.7 Å². The van der Waals surface area contributed by atoms with Crippen molar-refractivity contribution in [3.05, 3.63) is 33.8 Å². The van der Waals surface area contributed by atoms with Crippen molar-refractivity contribution in [3.63, 3.8) is 0 Å². The van der Waals surface area contributed by atoms with Crippen molar-refractivity contribution in [3.8, 4) is 0 Å². The molecule has 0 bridgehead atoms. The number of aryl methyl sites for hydroxylation is 1. The molecule has 1 aromatic carbocycles. The maximum Gasteiger partial charge on any atom is 0.254 e. The van der Waals surface area contributed by atoms with E-state index in [0.717, 1.165) is 23.1 Å². The Morgan fingerprint density at radius 2 is 1.95 bits per heavy atom. The van der Waals surface area contributed by atoms with Gasteiger partial charge in [0.1, 0.15) is 0 Å². The van der Waals surface area contributed by atoms with Crippen LogP contribution in [0.4, 0.5) is 0 Å². The third-order valence-electron chi connectivity index (χ3n) is 3.48. The number of hydrogen-bond acceptors (Lipinski definition) is 3. The van der Waals surface area contributed by atoms with Gasteiger partial charge in [-0.05, 0) is 30.7 Å². The summed E-state index contributed by atoms with van der Waals surface area (Å²) >= 11 is 3.39. The number of carbonyl (C=O) groups is 2. The summed E-state index contributed by atoms with van der Waals surface area (Å²) in [6, 6.07) is 5.56. The van der Waals surface area contributed by atoms with Gasteiger partial charge in [-0.25, -0.2) is 0 Å². The van der Waals surface area contributed by atoms with Crippen molar-refractivity contribution < 1.29 is 9.59 Å². The second-order valence-corrected chi connectivity index (χ2v) is 6.22. The molecule has 0 aliphatic carbocycles. The first-order chi connectivity index (χ1) is 9.97. The van der Waals surface area contributed by atoms with Crippen LogP contribution in [0.5, 0.6) is 0 Å². The Kier molecular flexibility index (Phi) is 5.36. The zero-order chi connectivity index (χ0) is 15.4. The van der Waals surface area contributed by atoms with Crippen molar-refractivity contribution in [1.29, 1.82) is 0 Å². The molecular weight excluding hydrogens is 334 g/mol. The first kappa shape index (κ1) is 16.0. The molecule has 1 aromatic rings. The lowest BCUT2D eigenvalue weighted by molar-refractivity contribution is -0.132. The Labute approximate surface area is 133 Å². The van der Waals surface area contributed by atoms with Crippen molar-refractivity contribution in [2.75, 3.05) is 39.8 Å². The Bertz CT molecular complexity index is 521. The molecule has 0 saturated carbocycles. The standard InChI is InChI=1S/C15H20BrN3O2/c1-11-7-12(9-13(16)8-11)15(21)18(2)10-14(20)19-5-3-17-4-6-19/h7-9,17H,3-6,10H2,1-2H3. The summed E-state index contributed by atoms with van der Waals surface area (Å²) in [6.07, 6.45) is 0. The van der Waals surface area contributed by atoms with Crippen molar-refractivity contribution in [2.24, 2.45) is 0 Å². The van der Waals surface area contributed by atoms with Gasteiger partial charge < -0.3 is 15.1 Å². The van der Waals surface area contributed by atoms with E-state index in [4.69, 9.17) is 0 Å². The summed E-state index contributed by atoms with van der Waals surface area (Å²) in [4.78, 5) is 27.8. The molecule has 1 N–H and O–H groups in total. The summed E-state index contributed by atoms with van der Waals surface area (Å²) in [5, 5.41) is 3.20. The van der Waals surface area contributed by atoms with E-state index in [-0.39, 0.29) is 18.4 Å². The first-order valence-electron chi connectivity index (χ1n) is 6.98. The van der Waals surface area contributed by atoms with E-state index in [1.54, 1.807) is 18.0 Å². The number of hydrogen-bond donors (Lipinski definition) is 1. The summed E-state index contributed by atoms with van der Waals surface area (Å²) in [5.74, 6) is -0.137. The number of likely N-dealkylation sites (N-methyl/N-ethyl adjacent to an activating group) is 1. The van der Waals surface area contributed by atoms with Crippen LogP contribution in [-0.4, -0.2) is 61.4 Å². The molecule has 1 aliphatic heterocycles. The first-order valence-corrected chi connectivity index (χ1v) is 7.78.